The molecule has 0 aliphatic carbocycles. The summed E-state index contributed by atoms with van der Waals surface area (Å²) in [7, 11) is 0. The topological polar surface area (TPSA) is 58.4 Å². The fourth-order valence-corrected chi connectivity index (χ4v) is 3.74. The smallest absolute Gasteiger partial charge is 0.254 e. The quantitative estimate of drug-likeness (QED) is 0.860. The lowest BCUT2D eigenvalue weighted by atomic mass is 10.1. The summed E-state index contributed by atoms with van der Waals surface area (Å²) in [5, 5.41) is 4.39. The maximum atomic E-state index is 12.7. The Labute approximate surface area is 147 Å². The Bertz CT molecular complexity index is 813. The first-order valence-electron chi connectivity index (χ1n) is 8.77. The number of aryl methyl sites for hydroxylation is 1. The molecule has 0 unspecified atom stereocenters. The van der Waals surface area contributed by atoms with Gasteiger partial charge in [0.1, 0.15) is 6.54 Å². The minimum atomic E-state index is -0.0415. The van der Waals surface area contributed by atoms with E-state index in [1.54, 1.807) is 4.90 Å². The molecular weight excluding hydrogens is 316 g/mol. The van der Waals surface area contributed by atoms with E-state index in [0.717, 1.165) is 36.1 Å². The van der Waals surface area contributed by atoms with Gasteiger partial charge in [-0.2, -0.15) is 5.10 Å². The van der Waals surface area contributed by atoms with E-state index in [1.807, 2.05) is 53.2 Å². The minimum Gasteiger partial charge on any atom is -0.339 e. The third-order valence-corrected chi connectivity index (χ3v) is 5.08. The van der Waals surface area contributed by atoms with Gasteiger partial charge in [0.15, 0.2) is 0 Å². The van der Waals surface area contributed by atoms with Crippen LogP contribution >= 0.6 is 0 Å². The molecular formula is C19H22N4O2. The Morgan fingerprint density at radius 2 is 2.16 bits per heavy atom. The first-order valence-corrected chi connectivity index (χ1v) is 8.77. The number of hydrogen-bond donors (Lipinski definition) is 0. The Morgan fingerprint density at radius 3 is 2.92 bits per heavy atom. The van der Waals surface area contributed by atoms with Crippen LogP contribution in [0.25, 0.3) is 0 Å². The molecule has 1 aromatic carbocycles. The summed E-state index contributed by atoms with van der Waals surface area (Å²) in [5.41, 5.74) is 2.85. The molecule has 6 nitrogen and oxygen atoms in total. The predicted molar refractivity (Wildman–Crippen MR) is 93.0 cm³/mol. The molecule has 1 fully saturated rings. The third-order valence-electron chi connectivity index (χ3n) is 5.08. The maximum absolute atomic E-state index is 12.7. The van der Waals surface area contributed by atoms with Gasteiger partial charge in [0.05, 0.1) is 12.2 Å². The summed E-state index contributed by atoms with van der Waals surface area (Å²) in [4.78, 5) is 28.7. The van der Waals surface area contributed by atoms with E-state index in [1.165, 1.54) is 0 Å². The Balaban J connectivity index is 1.41. The van der Waals surface area contributed by atoms with E-state index in [9.17, 15) is 9.59 Å². The van der Waals surface area contributed by atoms with Crippen molar-refractivity contribution in [1.82, 2.24) is 19.6 Å². The van der Waals surface area contributed by atoms with E-state index in [0.29, 0.717) is 13.1 Å². The average Bonchev–Trinajstić information content (AvgIpc) is 3.20. The molecule has 2 aliphatic heterocycles. The highest BCUT2D eigenvalue weighted by Gasteiger charge is 2.31. The monoisotopic (exact) mass is 338 g/mol. The number of carbonyl (C=O) groups is 2. The number of rotatable bonds is 3. The molecule has 2 aromatic rings. The minimum absolute atomic E-state index is 0.0229. The van der Waals surface area contributed by atoms with Crippen molar-refractivity contribution < 1.29 is 9.59 Å². The van der Waals surface area contributed by atoms with Crippen molar-refractivity contribution in [1.29, 1.82) is 0 Å². The number of aromatic nitrogens is 2. The molecule has 1 aromatic heterocycles. The number of likely N-dealkylation sites (tertiary alicyclic amines) is 1. The highest BCUT2D eigenvalue weighted by molar-refractivity contribution is 6.00. The van der Waals surface area contributed by atoms with Crippen LogP contribution in [0.1, 0.15) is 40.4 Å². The van der Waals surface area contributed by atoms with Crippen LogP contribution in [-0.2, 0) is 11.3 Å². The number of hydrogen-bond acceptors (Lipinski definition) is 3. The van der Waals surface area contributed by atoms with Gasteiger partial charge in [0.2, 0.25) is 5.91 Å². The number of benzene rings is 1. The molecule has 25 heavy (non-hydrogen) atoms. The van der Waals surface area contributed by atoms with Gasteiger partial charge >= 0.3 is 0 Å². The second kappa shape index (κ2) is 6.35. The van der Waals surface area contributed by atoms with Crippen molar-refractivity contribution in [2.75, 3.05) is 19.6 Å². The van der Waals surface area contributed by atoms with Gasteiger partial charge in [-0.25, -0.2) is 0 Å². The van der Waals surface area contributed by atoms with Crippen LogP contribution in [-0.4, -0.2) is 51.0 Å². The lowest BCUT2D eigenvalue weighted by Crippen LogP contribution is -2.45. The van der Waals surface area contributed by atoms with Crippen LogP contribution in [0.3, 0.4) is 0 Å². The predicted octanol–water partition coefficient (Wildman–Crippen LogP) is 2.01. The summed E-state index contributed by atoms with van der Waals surface area (Å²) in [5.74, 6) is -0.0186. The summed E-state index contributed by atoms with van der Waals surface area (Å²) < 4.78 is 1.96. The lowest BCUT2D eigenvalue weighted by molar-refractivity contribution is -0.133. The van der Waals surface area contributed by atoms with E-state index >= 15 is 0 Å². The molecule has 3 heterocycles. The molecule has 2 amide bonds. The molecule has 1 atom stereocenters. The normalized spacial score (nSPS) is 20.0. The van der Waals surface area contributed by atoms with E-state index in [4.69, 9.17) is 0 Å². The van der Waals surface area contributed by atoms with E-state index < -0.39 is 0 Å². The zero-order valence-electron chi connectivity index (χ0n) is 14.4. The molecule has 0 spiro atoms. The highest BCUT2D eigenvalue weighted by atomic mass is 16.2. The number of carbonyl (C=O) groups excluding carboxylic acids is 2. The summed E-state index contributed by atoms with van der Waals surface area (Å²) in [6.07, 6.45) is 5.86. The largest absolute Gasteiger partial charge is 0.339 e. The van der Waals surface area contributed by atoms with Crippen molar-refractivity contribution in [3.8, 4) is 0 Å². The fraction of sp³-hybridized carbons (Fsp3) is 0.421. The van der Waals surface area contributed by atoms with Crippen molar-refractivity contribution >= 4 is 11.8 Å². The second-order valence-corrected chi connectivity index (χ2v) is 6.95. The van der Waals surface area contributed by atoms with Crippen LogP contribution in [0, 0.1) is 6.92 Å². The molecule has 0 N–H and O–H groups in total. The first kappa shape index (κ1) is 15.9. The van der Waals surface area contributed by atoms with Gasteiger partial charge in [-0.05, 0) is 37.0 Å². The molecule has 4 rings (SSSR count). The van der Waals surface area contributed by atoms with Crippen LogP contribution in [0.15, 0.2) is 36.7 Å². The van der Waals surface area contributed by atoms with Crippen molar-refractivity contribution in [3.63, 3.8) is 0 Å². The number of fused-ring (bicyclic) bond motifs is 1. The SMILES string of the molecule is Cc1cnn([C@@H]2CCCN(C(=O)CN3Cc4ccccc4C3=O)C2)c1. The van der Waals surface area contributed by atoms with Crippen molar-refractivity contribution in [2.24, 2.45) is 0 Å². The van der Waals surface area contributed by atoms with Gasteiger partial charge in [0.25, 0.3) is 5.91 Å². The van der Waals surface area contributed by atoms with Crippen LogP contribution in [0.4, 0.5) is 0 Å². The summed E-state index contributed by atoms with van der Waals surface area (Å²) >= 11 is 0. The fourth-order valence-electron chi connectivity index (χ4n) is 3.74. The molecule has 0 bridgehead atoms. The Kier molecular flexibility index (Phi) is 4.03. The standard InChI is InChI=1S/C19H22N4O2/c1-14-9-20-23(10-14)16-6-4-8-21(12-16)18(24)13-22-11-15-5-2-3-7-17(15)19(22)25/h2-3,5,7,9-10,16H,4,6,8,11-13H2,1H3/t16-/m1/s1. The third kappa shape index (κ3) is 3.04. The van der Waals surface area contributed by atoms with E-state index in [2.05, 4.69) is 5.10 Å². The van der Waals surface area contributed by atoms with Gasteiger partial charge in [-0.1, -0.05) is 18.2 Å². The van der Waals surface area contributed by atoms with Crippen LogP contribution in [0.5, 0.6) is 0 Å². The number of amides is 2. The summed E-state index contributed by atoms with van der Waals surface area (Å²) in [6.45, 7) is 4.11. The highest BCUT2D eigenvalue weighted by Crippen LogP contribution is 2.24. The summed E-state index contributed by atoms with van der Waals surface area (Å²) in [6, 6.07) is 7.80. The van der Waals surface area contributed by atoms with Gasteiger partial charge in [-0.15, -0.1) is 0 Å². The zero-order valence-corrected chi connectivity index (χ0v) is 14.4. The molecule has 1 saturated heterocycles. The Morgan fingerprint density at radius 1 is 1.32 bits per heavy atom. The lowest BCUT2D eigenvalue weighted by Gasteiger charge is -2.33. The van der Waals surface area contributed by atoms with Crippen molar-refractivity contribution in [2.45, 2.75) is 32.4 Å². The zero-order chi connectivity index (χ0) is 17.4. The maximum Gasteiger partial charge on any atom is 0.254 e. The van der Waals surface area contributed by atoms with Crippen molar-refractivity contribution in [3.05, 3.63) is 53.3 Å². The molecule has 0 saturated carbocycles. The molecule has 6 heteroatoms. The van der Waals surface area contributed by atoms with E-state index in [-0.39, 0.29) is 24.4 Å². The molecule has 0 radical (unpaired) electrons. The van der Waals surface area contributed by atoms with Gasteiger partial charge in [-0.3, -0.25) is 14.3 Å². The molecule has 2 aliphatic rings. The number of piperidine rings is 1. The average molecular weight is 338 g/mol. The van der Waals surface area contributed by atoms with Crippen LogP contribution < -0.4 is 0 Å². The van der Waals surface area contributed by atoms with Crippen LogP contribution in [0.2, 0.25) is 0 Å². The second-order valence-electron chi connectivity index (χ2n) is 6.95. The Hall–Kier alpha value is -2.63. The molecule has 130 valence electrons. The number of nitrogens with zero attached hydrogens (tertiary/aromatic N) is 4. The van der Waals surface area contributed by atoms with Gasteiger partial charge in [0, 0.05) is 31.4 Å². The van der Waals surface area contributed by atoms with Gasteiger partial charge < -0.3 is 9.80 Å². The first-order chi connectivity index (χ1) is 12.1.